The normalized spacial score (nSPS) is 17.0. The summed E-state index contributed by atoms with van der Waals surface area (Å²) >= 11 is 0. The Hall–Kier alpha value is -0.0800. The molecule has 5 nitrogen and oxygen atoms in total. The molecule has 6 heteroatoms. The van der Waals surface area contributed by atoms with Gasteiger partial charge in [-0.25, -0.2) is 0 Å². The Balaban J connectivity index is 0.00000625. The summed E-state index contributed by atoms with van der Waals surface area (Å²) in [5.41, 5.74) is 0. The lowest BCUT2D eigenvalue weighted by Gasteiger charge is -2.30. The Kier molecular flexibility index (Phi) is 14.9. The highest BCUT2D eigenvalue weighted by atomic mass is 127. The average molecular weight is 482 g/mol. The van der Waals surface area contributed by atoms with E-state index in [0.29, 0.717) is 12.1 Å². The number of piperidine rings is 1. The van der Waals surface area contributed by atoms with E-state index in [9.17, 15) is 0 Å². The highest BCUT2D eigenvalue weighted by molar-refractivity contribution is 14.0. The second-order valence-electron chi connectivity index (χ2n) is 8.08. The Bertz CT molecular complexity index is 357. The van der Waals surface area contributed by atoms with Crippen LogP contribution in [0.15, 0.2) is 4.99 Å². The van der Waals surface area contributed by atoms with E-state index in [-0.39, 0.29) is 24.0 Å². The van der Waals surface area contributed by atoms with Gasteiger partial charge in [0, 0.05) is 38.8 Å². The number of nitrogens with zero attached hydrogens (tertiary/aromatic N) is 3. The van der Waals surface area contributed by atoms with Gasteiger partial charge in [-0.1, -0.05) is 6.92 Å². The second-order valence-corrected chi connectivity index (χ2v) is 8.08. The van der Waals surface area contributed by atoms with E-state index in [0.717, 1.165) is 31.5 Å². The van der Waals surface area contributed by atoms with Crippen LogP contribution >= 0.6 is 24.0 Å². The molecule has 1 saturated heterocycles. The molecule has 1 fully saturated rings. The van der Waals surface area contributed by atoms with Gasteiger partial charge in [-0.3, -0.25) is 9.89 Å². The Morgan fingerprint density at radius 3 is 2.15 bits per heavy atom. The minimum Gasteiger partial charge on any atom is -0.356 e. The molecule has 0 aliphatic carbocycles. The van der Waals surface area contributed by atoms with Crippen molar-refractivity contribution in [3.63, 3.8) is 0 Å². The largest absolute Gasteiger partial charge is 0.356 e. The summed E-state index contributed by atoms with van der Waals surface area (Å²) in [6.45, 7) is 18.2. The van der Waals surface area contributed by atoms with Crippen molar-refractivity contribution in [2.45, 2.75) is 72.4 Å². The fourth-order valence-electron chi connectivity index (χ4n) is 3.59. The van der Waals surface area contributed by atoms with Crippen LogP contribution in [-0.2, 0) is 0 Å². The zero-order valence-electron chi connectivity index (χ0n) is 18.1. The Morgan fingerprint density at radius 2 is 1.62 bits per heavy atom. The number of unbranched alkanes of at least 4 members (excludes halogenated alkanes) is 1. The molecule has 0 aromatic rings. The van der Waals surface area contributed by atoms with Crippen LogP contribution < -0.4 is 10.6 Å². The van der Waals surface area contributed by atoms with Gasteiger partial charge >= 0.3 is 0 Å². The van der Waals surface area contributed by atoms with Gasteiger partial charge in [-0.05, 0) is 78.9 Å². The summed E-state index contributed by atoms with van der Waals surface area (Å²) in [5.74, 6) is 1.86. The lowest BCUT2D eigenvalue weighted by atomic mass is 9.99. The van der Waals surface area contributed by atoms with E-state index >= 15 is 0 Å². The molecule has 0 radical (unpaired) electrons. The lowest BCUT2D eigenvalue weighted by molar-refractivity contribution is 0.178. The molecular weight excluding hydrogens is 437 g/mol. The van der Waals surface area contributed by atoms with E-state index in [2.05, 4.69) is 60.0 Å². The summed E-state index contributed by atoms with van der Waals surface area (Å²) in [5, 5.41) is 6.89. The number of rotatable bonds is 10. The smallest absolute Gasteiger partial charge is 0.191 e. The first-order chi connectivity index (χ1) is 11.9. The predicted molar refractivity (Wildman–Crippen MR) is 126 cm³/mol. The first-order valence-electron chi connectivity index (χ1n) is 10.4. The van der Waals surface area contributed by atoms with Gasteiger partial charge in [0.05, 0.1) is 0 Å². The summed E-state index contributed by atoms with van der Waals surface area (Å²) in [4.78, 5) is 9.46. The molecular formula is C20H44IN5. The Morgan fingerprint density at radius 1 is 1.04 bits per heavy atom. The first kappa shape index (κ1) is 25.9. The average Bonchev–Trinajstić information content (AvgIpc) is 2.57. The molecule has 1 aliphatic heterocycles. The SMILES string of the molecule is CN=C(NCCCCN1CCC(C)CC1)NCCN(C(C)C)C(C)C.I. The van der Waals surface area contributed by atoms with Crippen molar-refractivity contribution in [1.29, 1.82) is 0 Å². The number of hydrogen-bond donors (Lipinski definition) is 2. The predicted octanol–water partition coefficient (Wildman–Crippen LogP) is 3.40. The summed E-state index contributed by atoms with van der Waals surface area (Å²) in [6.07, 6.45) is 5.22. The van der Waals surface area contributed by atoms with Crippen LogP contribution in [0.5, 0.6) is 0 Å². The van der Waals surface area contributed by atoms with Gasteiger partial charge in [0.15, 0.2) is 5.96 Å². The van der Waals surface area contributed by atoms with E-state index < -0.39 is 0 Å². The van der Waals surface area contributed by atoms with E-state index in [1.807, 2.05) is 7.05 Å². The summed E-state index contributed by atoms with van der Waals surface area (Å²) in [7, 11) is 1.85. The van der Waals surface area contributed by atoms with Crippen molar-refractivity contribution < 1.29 is 0 Å². The molecule has 1 aliphatic rings. The van der Waals surface area contributed by atoms with Crippen LogP contribution in [0.3, 0.4) is 0 Å². The molecule has 0 amide bonds. The third-order valence-corrected chi connectivity index (χ3v) is 5.28. The van der Waals surface area contributed by atoms with Crippen LogP contribution in [0, 0.1) is 5.92 Å². The van der Waals surface area contributed by atoms with Crippen molar-refractivity contribution in [1.82, 2.24) is 20.4 Å². The van der Waals surface area contributed by atoms with E-state index in [4.69, 9.17) is 0 Å². The number of likely N-dealkylation sites (tertiary alicyclic amines) is 1. The van der Waals surface area contributed by atoms with Crippen LogP contribution in [0.2, 0.25) is 0 Å². The van der Waals surface area contributed by atoms with Crippen molar-refractivity contribution in [3.8, 4) is 0 Å². The third-order valence-electron chi connectivity index (χ3n) is 5.28. The minimum absolute atomic E-state index is 0. The topological polar surface area (TPSA) is 42.9 Å². The van der Waals surface area contributed by atoms with Crippen LogP contribution in [0.4, 0.5) is 0 Å². The number of hydrogen-bond acceptors (Lipinski definition) is 3. The molecule has 0 atom stereocenters. The maximum absolute atomic E-state index is 4.34. The van der Waals surface area contributed by atoms with Gasteiger partial charge in [0.1, 0.15) is 0 Å². The molecule has 0 saturated carbocycles. The van der Waals surface area contributed by atoms with E-state index in [1.165, 1.54) is 45.3 Å². The van der Waals surface area contributed by atoms with Crippen LogP contribution in [0.25, 0.3) is 0 Å². The van der Waals surface area contributed by atoms with Gasteiger partial charge in [0.2, 0.25) is 0 Å². The molecule has 0 bridgehead atoms. The first-order valence-corrected chi connectivity index (χ1v) is 10.4. The maximum Gasteiger partial charge on any atom is 0.191 e. The van der Waals surface area contributed by atoms with Gasteiger partial charge < -0.3 is 15.5 Å². The third kappa shape index (κ3) is 10.9. The molecule has 0 unspecified atom stereocenters. The maximum atomic E-state index is 4.34. The van der Waals surface area contributed by atoms with Crippen molar-refractivity contribution in [3.05, 3.63) is 0 Å². The Labute approximate surface area is 179 Å². The fraction of sp³-hybridized carbons (Fsp3) is 0.950. The summed E-state index contributed by atoms with van der Waals surface area (Å²) in [6, 6.07) is 1.16. The number of aliphatic imine (C=N–C) groups is 1. The fourth-order valence-corrected chi connectivity index (χ4v) is 3.59. The van der Waals surface area contributed by atoms with Gasteiger partial charge in [-0.15, -0.1) is 24.0 Å². The molecule has 1 heterocycles. The zero-order chi connectivity index (χ0) is 18.7. The molecule has 26 heavy (non-hydrogen) atoms. The number of guanidine groups is 1. The second kappa shape index (κ2) is 14.9. The molecule has 0 aromatic heterocycles. The monoisotopic (exact) mass is 481 g/mol. The molecule has 156 valence electrons. The van der Waals surface area contributed by atoms with E-state index in [1.54, 1.807) is 0 Å². The molecule has 1 rings (SSSR count). The number of halogens is 1. The zero-order valence-corrected chi connectivity index (χ0v) is 20.4. The highest BCUT2D eigenvalue weighted by Gasteiger charge is 2.15. The van der Waals surface area contributed by atoms with Crippen molar-refractivity contribution in [2.75, 3.05) is 46.3 Å². The molecule has 2 N–H and O–H groups in total. The highest BCUT2D eigenvalue weighted by Crippen LogP contribution is 2.16. The van der Waals surface area contributed by atoms with Crippen LogP contribution in [0.1, 0.15) is 60.3 Å². The quantitative estimate of drug-likeness (QED) is 0.217. The standard InChI is InChI=1S/C20H43N5.HI/c1-17(2)25(18(3)4)16-12-23-20(21-6)22-11-7-8-13-24-14-9-19(5)10-15-24;/h17-19H,7-16H2,1-6H3,(H2,21,22,23);1H. The molecule has 0 spiro atoms. The van der Waals surface area contributed by atoms with Crippen LogP contribution in [-0.4, -0.2) is 74.2 Å². The van der Waals surface area contributed by atoms with Gasteiger partial charge in [-0.2, -0.15) is 0 Å². The minimum atomic E-state index is 0. The summed E-state index contributed by atoms with van der Waals surface area (Å²) < 4.78 is 0. The van der Waals surface area contributed by atoms with Crippen molar-refractivity contribution in [2.24, 2.45) is 10.9 Å². The van der Waals surface area contributed by atoms with Crippen molar-refractivity contribution >= 4 is 29.9 Å². The van der Waals surface area contributed by atoms with Gasteiger partial charge in [0.25, 0.3) is 0 Å². The molecule has 0 aromatic carbocycles. The lowest BCUT2D eigenvalue weighted by Crippen LogP contribution is -2.45. The number of nitrogens with one attached hydrogen (secondary N) is 2.